The number of likely N-dealkylation sites (tertiary alicyclic amines) is 2. The largest absolute Gasteiger partial charge is 0.453 e. The number of methoxy groups -OCH3 is 2. The van der Waals surface area contributed by atoms with Gasteiger partial charge in [0.25, 0.3) is 0 Å². The maximum absolute atomic E-state index is 17.0. The van der Waals surface area contributed by atoms with E-state index in [1.54, 1.807) is 9.80 Å². The van der Waals surface area contributed by atoms with Crippen molar-refractivity contribution in [1.29, 1.82) is 0 Å². The summed E-state index contributed by atoms with van der Waals surface area (Å²) in [5.41, 5.74) is 6.52. The first-order valence-corrected chi connectivity index (χ1v) is 28.0. The average molecular weight is 1080 g/mol. The monoisotopic (exact) mass is 1080 g/mol. The van der Waals surface area contributed by atoms with Crippen LogP contribution in [-0.2, 0) is 19.1 Å². The number of carbonyl (C=O) groups is 4. The number of hydrogen-bond acceptors (Lipinski definition) is 10. The lowest BCUT2D eigenvalue weighted by molar-refractivity contribution is -0.136. The van der Waals surface area contributed by atoms with Crippen molar-refractivity contribution in [1.82, 2.24) is 40.4 Å². The molecule has 7 aromatic rings. The molecule has 4 aliphatic heterocycles. The number of H-pyrrole nitrogens is 2. The Bertz CT molecular complexity index is 3260. The van der Waals surface area contributed by atoms with Gasteiger partial charge in [0.1, 0.15) is 29.4 Å². The number of hydrogen-bond donors (Lipinski definition) is 4. The van der Waals surface area contributed by atoms with Gasteiger partial charge in [-0.25, -0.2) is 28.3 Å². The summed E-state index contributed by atoms with van der Waals surface area (Å²) < 4.78 is 43.7. The number of amides is 4. The van der Waals surface area contributed by atoms with Gasteiger partial charge in [-0.1, -0.05) is 82.3 Å². The molecule has 4 amide bonds. The van der Waals surface area contributed by atoms with Crippen LogP contribution in [0.15, 0.2) is 91.0 Å². The predicted octanol–water partition coefficient (Wildman–Crippen LogP) is 11.4. The highest BCUT2D eigenvalue weighted by Gasteiger charge is 2.41. The highest BCUT2D eigenvalue weighted by Crippen LogP contribution is 2.49. The first kappa shape index (κ1) is 53.3. The summed E-state index contributed by atoms with van der Waals surface area (Å²) in [5.74, 6) is -0.393. The number of alkyl carbamates (subject to hydrolysis) is 2. The zero-order valence-corrected chi connectivity index (χ0v) is 45.7. The SMILES string of the molecule is COC(=O)NC(C(=O)N1CCC[C@H]1c1nc2ccc([C@H]3CC[C@H](c4ccc5nc([C@@H]6CCCN6C(=O)[C@@H](NC(=O)OC)C(C)C)[nH]c5c4)N3c3cc(F)c(N4CCC(c5ccc6ccccc6c5)CC4)c(F)c3)cc2[nH]1)C(C)C. The van der Waals surface area contributed by atoms with Crippen molar-refractivity contribution in [2.45, 2.75) is 121 Å². The molecule has 1 unspecified atom stereocenters. The first-order chi connectivity index (χ1) is 38.2. The Labute approximate surface area is 458 Å². The summed E-state index contributed by atoms with van der Waals surface area (Å²) in [6.45, 7) is 9.61. The Morgan fingerprint density at radius 1 is 0.570 bits per heavy atom. The van der Waals surface area contributed by atoms with Gasteiger partial charge in [-0.3, -0.25) is 9.59 Å². The number of aromatic amines is 2. The van der Waals surface area contributed by atoms with Crippen LogP contribution < -0.4 is 20.4 Å². The van der Waals surface area contributed by atoms with Gasteiger partial charge in [-0.2, -0.15) is 0 Å². The van der Waals surface area contributed by atoms with E-state index in [1.165, 1.54) is 42.7 Å². The van der Waals surface area contributed by atoms with E-state index in [9.17, 15) is 19.2 Å². The number of anilines is 2. The van der Waals surface area contributed by atoms with Crippen LogP contribution in [0.25, 0.3) is 32.8 Å². The molecule has 0 saturated carbocycles. The maximum Gasteiger partial charge on any atom is 0.407 e. The highest BCUT2D eigenvalue weighted by molar-refractivity contribution is 5.88. The molecule has 6 atom stereocenters. The van der Waals surface area contributed by atoms with Gasteiger partial charge in [-0.15, -0.1) is 0 Å². The number of benzene rings is 5. The number of fused-ring (bicyclic) bond motifs is 3. The maximum atomic E-state index is 17.0. The topological polar surface area (TPSA) is 181 Å². The van der Waals surface area contributed by atoms with Crippen molar-refractivity contribution in [3.63, 3.8) is 0 Å². The Morgan fingerprint density at radius 2 is 1.05 bits per heavy atom. The summed E-state index contributed by atoms with van der Waals surface area (Å²) in [4.78, 5) is 77.2. The number of ether oxygens (including phenoxy) is 2. The number of rotatable bonds is 13. The van der Waals surface area contributed by atoms with Gasteiger partial charge in [0, 0.05) is 31.9 Å². The second-order valence-electron chi connectivity index (χ2n) is 22.5. The number of imidazole rings is 2. The smallest absolute Gasteiger partial charge is 0.407 e. The van der Waals surface area contributed by atoms with Gasteiger partial charge < -0.3 is 49.7 Å². The molecule has 4 aliphatic rings. The molecule has 18 heteroatoms. The molecule has 0 radical (unpaired) electrons. The van der Waals surface area contributed by atoms with Gasteiger partial charge in [0.2, 0.25) is 11.8 Å². The minimum atomic E-state index is -0.771. The number of carbonyl (C=O) groups excluding carboxylic acids is 4. The fourth-order valence-electron chi connectivity index (χ4n) is 12.9. The minimum absolute atomic E-state index is 0.00807. The molecule has 5 aromatic carbocycles. The van der Waals surface area contributed by atoms with Crippen LogP contribution in [0.4, 0.5) is 29.7 Å². The fourth-order valence-corrected chi connectivity index (χ4v) is 12.9. The third kappa shape index (κ3) is 10.4. The molecular formula is C61H70F2N10O6. The first-order valence-electron chi connectivity index (χ1n) is 28.0. The molecular weight excluding hydrogens is 1010 g/mol. The third-order valence-electron chi connectivity index (χ3n) is 17.0. The second-order valence-corrected chi connectivity index (χ2v) is 22.5. The summed E-state index contributed by atoms with van der Waals surface area (Å²) >= 11 is 0. The van der Waals surface area contributed by atoms with Crippen molar-refractivity contribution in [2.24, 2.45) is 11.8 Å². The predicted molar refractivity (Wildman–Crippen MR) is 300 cm³/mol. The normalized spacial score (nSPS) is 20.7. The zero-order chi connectivity index (χ0) is 55.2. The molecule has 11 rings (SSSR count). The number of aromatic nitrogens is 4. The van der Waals surface area contributed by atoms with Crippen molar-refractivity contribution in [3.8, 4) is 0 Å². The van der Waals surface area contributed by atoms with Gasteiger partial charge in [-0.05, 0) is 133 Å². The van der Waals surface area contributed by atoms with Crippen LogP contribution in [0, 0.1) is 23.5 Å². The van der Waals surface area contributed by atoms with Crippen molar-refractivity contribution in [3.05, 3.63) is 131 Å². The van der Waals surface area contributed by atoms with Gasteiger partial charge in [0.05, 0.1) is 60.5 Å². The highest BCUT2D eigenvalue weighted by atomic mass is 19.1. The van der Waals surface area contributed by atoms with E-state index < -0.39 is 35.9 Å². The van der Waals surface area contributed by atoms with E-state index in [-0.39, 0.29) is 59.4 Å². The zero-order valence-electron chi connectivity index (χ0n) is 45.7. The number of halogens is 2. The van der Waals surface area contributed by atoms with Crippen LogP contribution in [0.5, 0.6) is 0 Å². The molecule has 414 valence electrons. The Kier molecular flexibility index (Phi) is 14.9. The van der Waals surface area contributed by atoms with Crippen molar-refractivity contribution < 1.29 is 37.4 Å². The van der Waals surface area contributed by atoms with E-state index in [4.69, 9.17) is 19.4 Å². The van der Waals surface area contributed by atoms with Crippen LogP contribution in [0.2, 0.25) is 0 Å². The molecule has 0 bridgehead atoms. The van der Waals surface area contributed by atoms with E-state index >= 15 is 8.78 Å². The average Bonchev–Trinajstić information content (AvgIpc) is 4.37. The molecule has 4 fully saturated rings. The number of nitrogens with one attached hydrogen (secondary N) is 4. The van der Waals surface area contributed by atoms with E-state index in [2.05, 4.69) is 68.0 Å². The Hall–Kier alpha value is -7.76. The minimum Gasteiger partial charge on any atom is -0.453 e. The molecule has 79 heavy (non-hydrogen) atoms. The summed E-state index contributed by atoms with van der Waals surface area (Å²) in [6.07, 6.45) is 4.48. The molecule has 2 aromatic heterocycles. The molecule has 16 nitrogen and oxygen atoms in total. The van der Waals surface area contributed by atoms with Gasteiger partial charge >= 0.3 is 12.2 Å². The van der Waals surface area contributed by atoms with E-state index in [0.29, 0.717) is 69.2 Å². The van der Waals surface area contributed by atoms with Crippen molar-refractivity contribution >= 4 is 68.2 Å². The third-order valence-corrected chi connectivity index (χ3v) is 17.0. The Balaban J connectivity index is 0.901. The number of piperidine rings is 1. The quantitative estimate of drug-likeness (QED) is 0.0868. The van der Waals surface area contributed by atoms with Crippen LogP contribution in [0.1, 0.15) is 137 Å². The summed E-state index contributed by atoms with van der Waals surface area (Å²) in [6, 6.07) is 27.2. The van der Waals surface area contributed by atoms with Crippen LogP contribution in [0.3, 0.4) is 0 Å². The molecule has 6 heterocycles. The molecule has 4 N–H and O–H groups in total. The molecule has 0 spiro atoms. The number of nitrogens with zero attached hydrogens (tertiary/aromatic N) is 6. The fraction of sp³-hybridized carbons (Fsp3) is 0.443. The van der Waals surface area contributed by atoms with E-state index in [1.807, 2.05) is 69.0 Å². The Morgan fingerprint density at radius 3 is 1.53 bits per heavy atom. The van der Waals surface area contributed by atoms with Crippen LogP contribution >= 0.6 is 0 Å². The lowest BCUT2D eigenvalue weighted by atomic mass is 9.88. The summed E-state index contributed by atoms with van der Waals surface area (Å²) in [7, 11) is 2.55. The summed E-state index contributed by atoms with van der Waals surface area (Å²) in [5, 5.41) is 7.81. The second kappa shape index (κ2) is 22.2. The van der Waals surface area contributed by atoms with Gasteiger partial charge in [0.15, 0.2) is 11.6 Å². The lowest BCUT2D eigenvalue weighted by Crippen LogP contribution is -2.51. The standard InChI is InChI=1S/C61H70F2N10O6/c1-34(2)53(68-60(76)78-5)58(74)71-25-9-13-51(71)56-64-45-19-17-40(30-47(45)66-56)49-21-22-50(41-18-20-46-48(31-41)67-57(65-46)52-14-10-26-72(52)59(75)54(35(3)4)69-61(77)79-6)73(49)42-32-43(62)55(44(63)33-42)70-27-23-37(24-28-70)39-16-15-36-11-7-8-12-38(36)29-39/h7-8,11-12,15-20,29-35,37,49-54H,9-10,13-14,21-28H2,1-6H3,(H,64,66)(H,65,67)(H,68,76)(H,69,77)/t49-,50-,51+,52+,53+,54?/m1/s1. The van der Waals surface area contributed by atoms with Crippen molar-refractivity contribution in [2.75, 3.05) is 50.2 Å². The molecule has 0 aliphatic carbocycles. The molecule has 4 saturated heterocycles. The lowest BCUT2D eigenvalue weighted by Gasteiger charge is -2.36. The van der Waals surface area contributed by atoms with Crippen LogP contribution in [-0.4, -0.2) is 106 Å². The van der Waals surface area contributed by atoms with E-state index in [0.717, 1.165) is 58.9 Å².